The van der Waals surface area contributed by atoms with Crippen LogP contribution in [0, 0.1) is 18.6 Å². The first-order valence-corrected chi connectivity index (χ1v) is 7.45. The molecule has 0 spiro atoms. The average molecular weight is 340 g/mol. The van der Waals surface area contributed by atoms with Crippen molar-refractivity contribution in [2.24, 2.45) is 0 Å². The van der Waals surface area contributed by atoms with Gasteiger partial charge in [-0.1, -0.05) is 18.2 Å². The van der Waals surface area contributed by atoms with E-state index in [2.05, 4.69) is 20.6 Å². The maximum Gasteiger partial charge on any atom is 0.274 e. The van der Waals surface area contributed by atoms with Crippen molar-refractivity contribution in [2.75, 3.05) is 10.6 Å². The quantitative estimate of drug-likeness (QED) is 0.752. The number of carbonyl (C=O) groups is 1. The maximum absolute atomic E-state index is 13.2. The standard InChI is InChI=1S/C18H14F2N4O/c1-11-4-2-3-5-15(11)23-17(25)16-8-9-21-18(24-16)22-12-6-7-13(19)14(20)10-12/h2-10H,1H3,(H,23,25)(H,21,22,24). The Morgan fingerprint density at radius 3 is 2.60 bits per heavy atom. The van der Waals surface area contributed by atoms with Crippen molar-refractivity contribution < 1.29 is 13.6 Å². The molecule has 0 saturated carbocycles. The topological polar surface area (TPSA) is 66.9 Å². The van der Waals surface area contributed by atoms with E-state index < -0.39 is 17.5 Å². The van der Waals surface area contributed by atoms with Gasteiger partial charge in [0.1, 0.15) is 5.69 Å². The molecule has 0 aliphatic rings. The third-order valence-corrected chi connectivity index (χ3v) is 3.46. The van der Waals surface area contributed by atoms with Crippen LogP contribution < -0.4 is 10.6 Å². The Labute approximate surface area is 142 Å². The van der Waals surface area contributed by atoms with E-state index in [1.807, 2.05) is 25.1 Å². The number of hydrogen-bond acceptors (Lipinski definition) is 4. The highest BCUT2D eigenvalue weighted by molar-refractivity contribution is 6.03. The molecule has 1 aromatic heterocycles. The Kier molecular flexibility index (Phi) is 4.65. The molecular weight excluding hydrogens is 326 g/mol. The molecule has 126 valence electrons. The van der Waals surface area contributed by atoms with Gasteiger partial charge in [-0.15, -0.1) is 0 Å². The first kappa shape index (κ1) is 16.5. The summed E-state index contributed by atoms with van der Waals surface area (Å²) in [7, 11) is 0. The summed E-state index contributed by atoms with van der Waals surface area (Å²) in [5.74, 6) is -2.23. The largest absolute Gasteiger partial charge is 0.324 e. The zero-order valence-corrected chi connectivity index (χ0v) is 13.3. The molecule has 3 aromatic rings. The number of aromatic nitrogens is 2. The third-order valence-electron chi connectivity index (χ3n) is 3.46. The molecule has 0 aliphatic heterocycles. The predicted molar refractivity (Wildman–Crippen MR) is 90.8 cm³/mol. The van der Waals surface area contributed by atoms with E-state index in [0.29, 0.717) is 5.69 Å². The van der Waals surface area contributed by atoms with E-state index in [9.17, 15) is 13.6 Å². The van der Waals surface area contributed by atoms with Gasteiger partial charge in [0, 0.05) is 23.6 Å². The van der Waals surface area contributed by atoms with Gasteiger partial charge in [-0.05, 0) is 36.8 Å². The molecule has 5 nitrogen and oxygen atoms in total. The van der Waals surface area contributed by atoms with Crippen LogP contribution in [0.2, 0.25) is 0 Å². The second-order valence-electron chi connectivity index (χ2n) is 5.29. The summed E-state index contributed by atoms with van der Waals surface area (Å²) < 4.78 is 26.2. The molecule has 0 saturated heterocycles. The first-order chi connectivity index (χ1) is 12.0. The summed E-state index contributed by atoms with van der Waals surface area (Å²) in [5, 5.41) is 5.50. The van der Waals surface area contributed by atoms with E-state index in [-0.39, 0.29) is 17.3 Å². The van der Waals surface area contributed by atoms with Crippen molar-refractivity contribution in [3.8, 4) is 0 Å². The smallest absolute Gasteiger partial charge is 0.274 e. The molecule has 0 bridgehead atoms. The summed E-state index contributed by atoms with van der Waals surface area (Å²) in [6.07, 6.45) is 1.40. The van der Waals surface area contributed by atoms with Gasteiger partial charge in [0.15, 0.2) is 11.6 Å². The fourth-order valence-electron chi connectivity index (χ4n) is 2.15. The summed E-state index contributed by atoms with van der Waals surface area (Å²) in [6.45, 7) is 1.88. The van der Waals surface area contributed by atoms with Gasteiger partial charge in [-0.2, -0.15) is 0 Å². The number of nitrogens with one attached hydrogen (secondary N) is 2. The minimum Gasteiger partial charge on any atom is -0.324 e. The van der Waals surface area contributed by atoms with Crippen molar-refractivity contribution in [1.29, 1.82) is 0 Å². The number of halogens is 2. The van der Waals surface area contributed by atoms with Gasteiger partial charge in [-0.25, -0.2) is 18.7 Å². The zero-order chi connectivity index (χ0) is 17.8. The highest BCUT2D eigenvalue weighted by Crippen LogP contribution is 2.17. The van der Waals surface area contributed by atoms with E-state index in [0.717, 1.165) is 17.7 Å². The lowest BCUT2D eigenvalue weighted by Crippen LogP contribution is -2.15. The number of rotatable bonds is 4. The number of benzene rings is 2. The normalized spacial score (nSPS) is 10.4. The minimum atomic E-state index is -0.988. The first-order valence-electron chi connectivity index (χ1n) is 7.45. The van der Waals surface area contributed by atoms with Crippen LogP contribution in [0.15, 0.2) is 54.7 Å². The molecule has 25 heavy (non-hydrogen) atoms. The lowest BCUT2D eigenvalue weighted by molar-refractivity contribution is 0.102. The molecule has 0 aliphatic carbocycles. The number of hydrogen-bond donors (Lipinski definition) is 2. The molecule has 7 heteroatoms. The fraction of sp³-hybridized carbons (Fsp3) is 0.0556. The van der Waals surface area contributed by atoms with Gasteiger partial charge in [0.05, 0.1) is 0 Å². The lowest BCUT2D eigenvalue weighted by atomic mass is 10.2. The number of aryl methyl sites for hydroxylation is 1. The zero-order valence-electron chi connectivity index (χ0n) is 13.3. The molecule has 2 aromatic carbocycles. The highest BCUT2D eigenvalue weighted by atomic mass is 19.2. The lowest BCUT2D eigenvalue weighted by Gasteiger charge is -2.09. The number of anilines is 3. The van der Waals surface area contributed by atoms with Crippen LogP contribution in [0.4, 0.5) is 26.1 Å². The van der Waals surface area contributed by atoms with E-state index in [1.54, 1.807) is 6.07 Å². The number of para-hydroxylation sites is 1. The van der Waals surface area contributed by atoms with Crippen molar-refractivity contribution in [3.05, 3.63) is 77.6 Å². The highest BCUT2D eigenvalue weighted by Gasteiger charge is 2.11. The van der Waals surface area contributed by atoms with Crippen molar-refractivity contribution in [3.63, 3.8) is 0 Å². The fourth-order valence-corrected chi connectivity index (χ4v) is 2.15. The van der Waals surface area contributed by atoms with Crippen LogP contribution in [0.25, 0.3) is 0 Å². The molecule has 0 radical (unpaired) electrons. The van der Waals surface area contributed by atoms with Crippen LogP contribution in [0.5, 0.6) is 0 Å². The van der Waals surface area contributed by atoms with Gasteiger partial charge in [0.25, 0.3) is 5.91 Å². The van der Waals surface area contributed by atoms with E-state index in [4.69, 9.17) is 0 Å². The second kappa shape index (κ2) is 7.04. The van der Waals surface area contributed by atoms with Crippen LogP contribution in [-0.4, -0.2) is 15.9 Å². The van der Waals surface area contributed by atoms with Crippen LogP contribution in [0.1, 0.15) is 16.1 Å². The molecule has 3 rings (SSSR count). The Morgan fingerprint density at radius 1 is 1.04 bits per heavy atom. The van der Waals surface area contributed by atoms with Crippen molar-refractivity contribution >= 4 is 23.2 Å². The van der Waals surface area contributed by atoms with Crippen molar-refractivity contribution in [1.82, 2.24) is 9.97 Å². The Hall–Kier alpha value is -3.35. The average Bonchev–Trinajstić information content (AvgIpc) is 2.60. The number of nitrogens with zero attached hydrogens (tertiary/aromatic N) is 2. The Bertz CT molecular complexity index is 930. The van der Waals surface area contributed by atoms with Crippen LogP contribution in [0.3, 0.4) is 0 Å². The molecular formula is C18H14F2N4O. The van der Waals surface area contributed by atoms with Crippen LogP contribution >= 0.6 is 0 Å². The molecule has 1 heterocycles. The second-order valence-corrected chi connectivity index (χ2v) is 5.29. The Balaban J connectivity index is 1.77. The van der Waals surface area contributed by atoms with Gasteiger partial charge >= 0.3 is 0 Å². The maximum atomic E-state index is 13.2. The molecule has 0 atom stereocenters. The molecule has 2 N–H and O–H groups in total. The summed E-state index contributed by atoms with van der Waals surface area (Å²) in [5.41, 5.74) is 2.02. The molecule has 1 amide bonds. The summed E-state index contributed by atoms with van der Waals surface area (Å²) in [4.78, 5) is 20.4. The van der Waals surface area contributed by atoms with Crippen LogP contribution in [-0.2, 0) is 0 Å². The van der Waals surface area contributed by atoms with Gasteiger partial charge in [0.2, 0.25) is 5.95 Å². The molecule has 0 unspecified atom stereocenters. The summed E-state index contributed by atoms with van der Waals surface area (Å²) in [6, 6.07) is 12.1. The minimum absolute atomic E-state index is 0.100. The molecule has 0 fully saturated rings. The number of carbonyl (C=O) groups excluding carboxylic acids is 1. The Morgan fingerprint density at radius 2 is 1.84 bits per heavy atom. The van der Waals surface area contributed by atoms with E-state index >= 15 is 0 Å². The van der Waals surface area contributed by atoms with Gasteiger partial charge in [-0.3, -0.25) is 4.79 Å². The van der Waals surface area contributed by atoms with Gasteiger partial charge < -0.3 is 10.6 Å². The van der Waals surface area contributed by atoms with Crippen molar-refractivity contribution in [2.45, 2.75) is 6.92 Å². The SMILES string of the molecule is Cc1ccccc1NC(=O)c1ccnc(Nc2ccc(F)c(F)c2)n1. The monoisotopic (exact) mass is 340 g/mol. The number of amides is 1. The predicted octanol–water partition coefficient (Wildman–Crippen LogP) is 4.06. The third kappa shape index (κ3) is 3.95. The van der Waals surface area contributed by atoms with E-state index in [1.165, 1.54) is 18.3 Å². The summed E-state index contributed by atoms with van der Waals surface area (Å²) >= 11 is 0.